The van der Waals surface area contributed by atoms with Crippen LogP contribution in [0.5, 0.6) is 0 Å². The molecule has 0 aliphatic heterocycles. The Labute approximate surface area is 122 Å². The van der Waals surface area contributed by atoms with Crippen LogP contribution in [0.4, 0.5) is 0 Å². The molecule has 2 aromatic rings. The summed E-state index contributed by atoms with van der Waals surface area (Å²) in [7, 11) is 0. The Morgan fingerprint density at radius 3 is 3.00 bits per heavy atom. The van der Waals surface area contributed by atoms with Crippen LogP contribution in [0.25, 0.3) is 0 Å². The Morgan fingerprint density at radius 1 is 1.38 bits per heavy atom. The molecular formula is C14H19N5O2. The van der Waals surface area contributed by atoms with Crippen molar-refractivity contribution in [2.45, 2.75) is 44.6 Å². The smallest absolute Gasteiger partial charge is 0.289 e. The van der Waals surface area contributed by atoms with E-state index in [0.717, 1.165) is 18.5 Å². The van der Waals surface area contributed by atoms with E-state index < -0.39 is 0 Å². The van der Waals surface area contributed by atoms with Crippen LogP contribution in [0, 0.1) is 0 Å². The number of nitrogens with one attached hydrogen (secondary N) is 1. The minimum atomic E-state index is -0.232. The molecule has 0 spiro atoms. The van der Waals surface area contributed by atoms with Crippen LogP contribution >= 0.6 is 0 Å². The second kappa shape index (κ2) is 6.51. The summed E-state index contributed by atoms with van der Waals surface area (Å²) >= 11 is 0. The van der Waals surface area contributed by atoms with Crippen molar-refractivity contribution in [1.29, 1.82) is 0 Å². The molecule has 0 radical (unpaired) electrons. The molecule has 1 aliphatic rings. The second-order valence-corrected chi connectivity index (χ2v) is 5.37. The fraction of sp³-hybridized carbons (Fsp3) is 0.571. The minimum Gasteiger partial charge on any atom is -0.351 e. The van der Waals surface area contributed by atoms with Crippen LogP contribution < -0.4 is 5.32 Å². The van der Waals surface area contributed by atoms with Gasteiger partial charge in [-0.05, 0) is 12.8 Å². The highest BCUT2D eigenvalue weighted by molar-refractivity contribution is 5.91. The Bertz CT molecular complexity index is 572. The van der Waals surface area contributed by atoms with Gasteiger partial charge in [0, 0.05) is 18.5 Å². The van der Waals surface area contributed by atoms with Gasteiger partial charge in [-0.15, -0.1) is 0 Å². The largest absolute Gasteiger partial charge is 0.351 e. The lowest BCUT2D eigenvalue weighted by Crippen LogP contribution is -2.27. The first-order valence-electron chi connectivity index (χ1n) is 7.40. The van der Waals surface area contributed by atoms with Crippen molar-refractivity contribution in [2.24, 2.45) is 0 Å². The monoisotopic (exact) mass is 289 g/mol. The summed E-state index contributed by atoms with van der Waals surface area (Å²) < 4.78 is 6.83. The normalized spacial score (nSPS) is 16.0. The lowest BCUT2D eigenvalue weighted by atomic mass is 9.87. The Kier molecular flexibility index (Phi) is 4.28. The molecule has 0 saturated heterocycles. The number of rotatable bonds is 5. The van der Waals surface area contributed by atoms with Crippen molar-refractivity contribution in [3.05, 3.63) is 30.2 Å². The van der Waals surface area contributed by atoms with E-state index in [1.165, 1.54) is 25.6 Å². The summed E-state index contributed by atoms with van der Waals surface area (Å²) in [6.07, 6.45) is 9.12. The van der Waals surface area contributed by atoms with Crippen molar-refractivity contribution in [2.75, 3.05) is 6.54 Å². The minimum absolute atomic E-state index is 0.232. The maximum Gasteiger partial charge on any atom is 0.289 e. The molecule has 0 unspecified atom stereocenters. The zero-order chi connectivity index (χ0) is 14.5. The Balaban J connectivity index is 1.51. The van der Waals surface area contributed by atoms with E-state index in [-0.39, 0.29) is 11.7 Å². The third kappa shape index (κ3) is 3.48. The molecule has 2 heterocycles. The van der Waals surface area contributed by atoms with Crippen LogP contribution in [0.2, 0.25) is 0 Å². The maximum atomic E-state index is 12.0. The summed E-state index contributed by atoms with van der Waals surface area (Å²) in [5.41, 5.74) is 0.913. The lowest BCUT2D eigenvalue weighted by molar-refractivity contribution is 0.0915. The molecule has 2 aromatic heterocycles. The highest BCUT2D eigenvalue weighted by Gasteiger charge is 2.21. The molecule has 112 valence electrons. The summed E-state index contributed by atoms with van der Waals surface area (Å²) in [6.45, 7) is 1.05. The van der Waals surface area contributed by atoms with Gasteiger partial charge in [0.2, 0.25) is 5.76 Å². The first-order valence-corrected chi connectivity index (χ1v) is 7.40. The number of carbonyl (C=O) groups excluding carboxylic acids is 1. The van der Waals surface area contributed by atoms with Gasteiger partial charge >= 0.3 is 0 Å². The number of hydrogen-bond acceptors (Lipinski definition) is 5. The number of hydrogen-bond donors (Lipinski definition) is 1. The molecule has 1 N–H and O–H groups in total. The highest BCUT2D eigenvalue weighted by Crippen LogP contribution is 2.32. The van der Waals surface area contributed by atoms with Crippen LogP contribution in [0.1, 0.15) is 54.3 Å². The quantitative estimate of drug-likeness (QED) is 0.906. The molecule has 21 heavy (non-hydrogen) atoms. The third-order valence-corrected chi connectivity index (χ3v) is 3.87. The van der Waals surface area contributed by atoms with Gasteiger partial charge in [0.05, 0.1) is 12.2 Å². The molecule has 1 aliphatic carbocycles. The molecule has 0 bridgehead atoms. The Hall–Kier alpha value is -2.18. The van der Waals surface area contributed by atoms with E-state index >= 15 is 0 Å². The van der Waals surface area contributed by atoms with Gasteiger partial charge in [0.25, 0.3) is 5.91 Å². The topological polar surface area (TPSA) is 85.8 Å². The standard InChI is InChI=1S/C14H19N5O2/c20-14(16-6-7-19-10-15-9-17-19)13-8-12(18-21-13)11-4-2-1-3-5-11/h8-11H,1-7H2,(H,16,20). The number of aromatic nitrogens is 4. The molecule has 3 rings (SSSR count). The summed E-state index contributed by atoms with van der Waals surface area (Å²) in [5, 5.41) is 10.8. The van der Waals surface area contributed by atoms with E-state index in [9.17, 15) is 4.79 Å². The summed E-state index contributed by atoms with van der Waals surface area (Å²) in [5.74, 6) is 0.498. The van der Waals surface area contributed by atoms with Crippen molar-refractivity contribution < 1.29 is 9.32 Å². The number of nitrogens with zero attached hydrogens (tertiary/aromatic N) is 4. The first-order chi connectivity index (χ1) is 10.3. The molecule has 1 saturated carbocycles. The van der Waals surface area contributed by atoms with Crippen LogP contribution in [0.3, 0.4) is 0 Å². The predicted octanol–water partition coefficient (Wildman–Crippen LogP) is 1.74. The molecule has 7 nitrogen and oxygen atoms in total. The molecular weight excluding hydrogens is 270 g/mol. The van der Waals surface area contributed by atoms with Gasteiger partial charge in [0.15, 0.2) is 0 Å². The lowest BCUT2D eigenvalue weighted by Gasteiger charge is -2.18. The van der Waals surface area contributed by atoms with E-state index in [2.05, 4.69) is 20.6 Å². The van der Waals surface area contributed by atoms with Gasteiger partial charge in [0.1, 0.15) is 12.7 Å². The van der Waals surface area contributed by atoms with Crippen molar-refractivity contribution in [1.82, 2.24) is 25.2 Å². The van der Waals surface area contributed by atoms with E-state index in [1.54, 1.807) is 17.1 Å². The fourth-order valence-corrected chi connectivity index (χ4v) is 2.71. The summed E-state index contributed by atoms with van der Waals surface area (Å²) in [6, 6.07) is 1.78. The van der Waals surface area contributed by atoms with E-state index in [1.807, 2.05) is 0 Å². The fourth-order valence-electron chi connectivity index (χ4n) is 2.71. The van der Waals surface area contributed by atoms with Gasteiger partial charge in [-0.1, -0.05) is 24.4 Å². The van der Waals surface area contributed by atoms with Crippen LogP contribution in [0.15, 0.2) is 23.2 Å². The Morgan fingerprint density at radius 2 is 2.24 bits per heavy atom. The average molecular weight is 289 g/mol. The van der Waals surface area contributed by atoms with Crippen LogP contribution in [-0.4, -0.2) is 32.4 Å². The molecule has 1 fully saturated rings. The van der Waals surface area contributed by atoms with Crippen molar-refractivity contribution in [3.8, 4) is 0 Å². The predicted molar refractivity (Wildman–Crippen MR) is 74.7 cm³/mol. The summed E-state index contributed by atoms with van der Waals surface area (Å²) in [4.78, 5) is 15.8. The highest BCUT2D eigenvalue weighted by atomic mass is 16.5. The SMILES string of the molecule is O=C(NCCn1cncn1)c1cc(C2CCCCC2)no1. The van der Waals surface area contributed by atoms with Gasteiger partial charge < -0.3 is 9.84 Å². The average Bonchev–Trinajstić information content (AvgIpc) is 3.20. The van der Waals surface area contributed by atoms with Gasteiger partial charge in [-0.25, -0.2) is 4.98 Å². The number of carbonyl (C=O) groups is 1. The number of amides is 1. The van der Waals surface area contributed by atoms with Gasteiger partial charge in [-0.2, -0.15) is 5.10 Å². The van der Waals surface area contributed by atoms with Crippen molar-refractivity contribution >= 4 is 5.91 Å². The van der Waals surface area contributed by atoms with E-state index in [0.29, 0.717) is 19.0 Å². The van der Waals surface area contributed by atoms with Crippen molar-refractivity contribution in [3.63, 3.8) is 0 Å². The molecule has 0 aromatic carbocycles. The molecule has 0 atom stereocenters. The molecule has 7 heteroatoms. The van der Waals surface area contributed by atoms with E-state index in [4.69, 9.17) is 4.52 Å². The first kappa shape index (κ1) is 13.8. The second-order valence-electron chi connectivity index (χ2n) is 5.37. The maximum absolute atomic E-state index is 12.0. The third-order valence-electron chi connectivity index (χ3n) is 3.87. The zero-order valence-electron chi connectivity index (χ0n) is 11.9. The van der Waals surface area contributed by atoms with Gasteiger partial charge in [-0.3, -0.25) is 9.48 Å². The zero-order valence-corrected chi connectivity index (χ0v) is 11.9. The van der Waals surface area contributed by atoms with Crippen LogP contribution in [-0.2, 0) is 6.54 Å². The molecule has 1 amide bonds.